The van der Waals surface area contributed by atoms with E-state index in [1.807, 2.05) is 30.3 Å². The second kappa shape index (κ2) is 15.0. The quantitative estimate of drug-likeness (QED) is 0.453. The third-order valence-corrected chi connectivity index (χ3v) is 3.29. The first kappa shape index (κ1) is 24.9. The molecule has 1 heterocycles. The number of hydrogen-bond donors (Lipinski definition) is 2. The van der Waals surface area contributed by atoms with Crippen molar-refractivity contribution in [1.29, 1.82) is 0 Å². The Morgan fingerprint density at radius 1 is 1.14 bits per heavy atom. The molecular weight excluding hydrogens is 370 g/mol. The number of rotatable bonds is 8. The fraction of sp³-hybridized carbons (Fsp3) is 0.389. The van der Waals surface area contributed by atoms with Crippen LogP contribution in [0.3, 0.4) is 0 Å². The molecule has 4 N–H and O–H groups in total. The molecule has 10 heteroatoms. The SMILES string of the molecule is CN.NC=O.O=CCCC(OCc1ccccc1)C(=O)ON1C(=O)CCC1=O. The van der Waals surface area contributed by atoms with Gasteiger partial charge in [-0.25, -0.2) is 4.79 Å². The Kier molecular flexibility index (Phi) is 13.3. The van der Waals surface area contributed by atoms with Crippen molar-refractivity contribution in [3.05, 3.63) is 35.9 Å². The van der Waals surface area contributed by atoms with Crippen LogP contribution in [0.15, 0.2) is 30.3 Å². The molecule has 0 spiro atoms. The molecule has 1 aromatic carbocycles. The number of benzene rings is 1. The first-order valence-corrected chi connectivity index (χ1v) is 8.43. The fourth-order valence-corrected chi connectivity index (χ4v) is 2.07. The van der Waals surface area contributed by atoms with E-state index in [1.54, 1.807) is 0 Å². The maximum absolute atomic E-state index is 12.1. The second-order valence-corrected chi connectivity index (χ2v) is 5.16. The van der Waals surface area contributed by atoms with Crippen LogP contribution in [0.1, 0.15) is 31.2 Å². The van der Waals surface area contributed by atoms with Crippen LogP contribution in [0.5, 0.6) is 0 Å². The highest BCUT2D eigenvalue weighted by Crippen LogP contribution is 2.15. The van der Waals surface area contributed by atoms with E-state index < -0.39 is 23.9 Å². The number of primary amides is 1. The summed E-state index contributed by atoms with van der Waals surface area (Å²) in [6, 6.07) is 9.18. The summed E-state index contributed by atoms with van der Waals surface area (Å²) in [5.41, 5.74) is 9.52. The van der Waals surface area contributed by atoms with Gasteiger partial charge in [0.05, 0.1) is 6.61 Å². The maximum atomic E-state index is 12.1. The Morgan fingerprint density at radius 2 is 1.68 bits per heavy atom. The molecule has 10 nitrogen and oxygen atoms in total. The molecule has 1 saturated heterocycles. The van der Waals surface area contributed by atoms with Crippen LogP contribution in [0.25, 0.3) is 0 Å². The standard InChI is InChI=1S/C16H17NO6.CH3NO.CH5N/c18-10-4-7-13(22-11-12-5-2-1-3-6-12)16(21)23-17-14(19)8-9-15(17)20;2-1-3;1-2/h1-3,5-6,10,13H,4,7-9,11H2;1H,(H2,2,3);2H2,1H3. The number of carbonyl (C=O) groups is 5. The highest BCUT2D eigenvalue weighted by atomic mass is 16.7. The van der Waals surface area contributed by atoms with Crippen molar-refractivity contribution >= 4 is 30.5 Å². The highest BCUT2D eigenvalue weighted by Gasteiger charge is 2.35. The average molecular weight is 395 g/mol. The van der Waals surface area contributed by atoms with E-state index in [0.29, 0.717) is 11.3 Å². The molecule has 1 atom stereocenters. The molecular formula is C18H25N3O7. The Morgan fingerprint density at radius 3 is 2.18 bits per heavy atom. The Hall–Kier alpha value is -3.11. The van der Waals surface area contributed by atoms with Gasteiger partial charge >= 0.3 is 5.97 Å². The number of carbonyl (C=O) groups excluding carboxylic acids is 5. The van der Waals surface area contributed by atoms with Gasteiger partial charge in [0.25, 0.3) is 11.8 Å². The minimum Gasteiger partial charge on any atom is -0.372 e. The number of aldehydes is 1. The number of nitrogens with two attached hydrogens (primary N) is 2. The van der Waals surface area contributed by atoms with Crippen LogP contribution in [0.4, 0.5) is 0 Å². The monoisotopic (exact) mass is 395 g/mol. The molecule has 1 aliphatic rings. The molecule has 1 fully saturated rings. The van der Waals surface area contributed by atoms with E-state index in [1.165, 1.54) is 7.05 Å². The summed E-state index contributed by atoms with van der Waals surface area (Å²) in [7, 11) is 1.50. The maximum Gasteiger partial charge on any atom is 0.361 e. The molecule has 0 bridgehead atoms. The lowest BCUT2D eigenvalue weighted by atomic mass is 10.2. The summed E-state index contributed by atoms with van der Waals surface area (Å²) in [4.78, 5) is 59.0. The molecule has 0 aromatic heterocycles. The van der Waals surface area contributed by atoms with Gasteiger partial charge in [-0.3, -0.25) is 14.4 Å². The van der Waals surface area contributed by atoms with Gasteiger partial charge in [0.2, 0.25) is 6.41 Å². The Balaban J connectivity index is 0.00000133. The number of amides is 3. The molecule has 3 amide bonds. The van der Waals surface area contributed by atoms with Crippen molar-refractivity contribution in [3.63, 3.8) is 0 Å². The molecule has 1 aliphatic heterocycles. The lowest BCUT2D eigenvalue weighted by Gasteiger charge is -2.19. The van der Waals surface area contributed by atoms with Crippen LogP contribution in [0.2, 0.25) is 0 Å². The number of hydroxylamine groups is 2. The minimum atomic E-state index is -1.03. The largest absolute Gasteiger partial charge is 0.372 e. The van der Waals surface area contributed by atoms with Crippen molar-refractivity contribution in [3.8, 4) is 0 Å². The van der Waals surface area contributed by atoms with E-state index in [2.05, 4.69) is 11.5 Å². The zero-order chi connectivity index (χ0) is 21.4. The first-order chi connectivity index (χ1) is 13.5. The Labute approximate surface area is 162 Å². The molecule has 1 aromatic rings. The van der Waals surface area contributed by atoms with Crippen molar-refractivity contribution in [1.82, 2.24) is 5.06 Å². The van der Waals surface area contributed by atoms with Gasteiger partial charge in [-0.2, -0.15) is 0 Å². The zero-order valence-corrected chi connectivity index (χ0v) is 15.6. The van der Waals surface area contributed by atoms with Gasteiger partial charge in [0.1, 0.15) is 6.29 Å². The molecule has 0 aliphatic carbocycles. The van der Waals surface area contributed by atoms with Crippen molar-refractivity contribution in [2.24, 2.45) is 11.5 Å². The molecule has 154 valence electrons. The van der Waals surface area contributed by atoms with Crippen LogP contribution < -0.4 is 11.5 Å². The van der Waals surface area contributed by atoms with E-state index in [9.17, 15) is 19.2 Å². The smallest absolute Gasteiger partial charge is 0.361 e. The molecule has 0 radical (unpaired) electrons. The van der Waals surface area contributed by atoms with Gasteiger partial charge in [-0.05, 0) is 19.0 Å². The predicted octanol–water partition coefficient (Wildman–Crippen LogP) is -0.165. The zero-order valence-electron chi connectivity index (χ0n) is 15.6. The summed E-state index contributed by atoms with van der Waals surface area (Å²) in [6.45, 7) is 0.154. The van der Waals surface area contributed by atoms with Crippen molar-refractivity contribution in [2.75, 3.05) is 7.05 Å². The summed E-state index contributed by atoms with van der Waals surface area (Å²) < 4.78 is 5.49. The third-order valence-electron chi connectivity index (χ3n) is 3.29. The van der Waals surface area contributed by atoms with Gasteiger partial charge < -0.3 is 25.8 Å². The second-order valence-electron chi connectivity index (χ2n) is 5.16. The molecule has 0 saturated carbocycles. The number of imide groups is 1. The van der Waals surface area contributed by atoms with Gasteiger partial charge in [-0.15, -0.1) is 5.06 Å². The normalized spacial score (nSPS) is 13.4. The topological polar surface area (TPSA) is 159 Å². The number of nitrogens with zero attached hydrogens (tertiary/aromatic N) is 1. The summed E-state index contributed by atoms with van der Waals surface area (Å²) in [6.07, 6.45) is 0.160. The summed E-state index contributed by atoms with van der Waals surface area (Å²) >= 11 is 0. The van der Waals surface area contributed by atoms with Crippen molar-refractivity contribution in [2.45, 2.75) is 38.4 Å². The van der Waals surface area contributed by atoms with Gasteiger partial charge in [0.15, 0.2) is 6.10 Å². The van der Waals surface area contributed by atoms with Crippen LogP contribution in [-0.2, 0) is 40.2 Å². The molecule has 2 rings (SSSR count). The van der Waals surface area contributed by atoms with E-state index >= 15 is 0 Å². The minimum absolute atomic E-state index is 0.0238. The number of ether oxygens (including phenoxy) is 1. The predicted molar refractivity (Wildman–Crippen MR) is 97.9 cm³/mol. The van der Waals surface area contributed by atoms with E-state index in [4.69, 9.17) is 14.4 Å². The fourth-order valence-electron chi connectivity index (χ4n) is 2.07. The van der Waals surface area contributed by atoms with Crippen molar-refractivity contribution < 1.29 is 33.5 Å². The average Bonchev–Trinajstić information content (AvgIpc) is 3.03. The summed E-state index contributed by atoms with van der Waals surface area (Å²) in [5, 5.41) is 0.474. The van der Waals surface area contributed by atoms with E-state index in [-0.39, 0.29) is 38.7 Å². The first-order valence-electron chi connectivity index (χ1n) is 8.43. The van der Waals surface area contributed by atoms with Gasteiger partial charge in [0, 0.05) is 19.3 Å². The number of hydrogen-bond acceptors (Lipinski definition) is 8. The molecule has 1 unspecified atom stereocenters. The van der Waals surface area contributed by atoms with E-state index in [0.717, 1.165) is 5.56 Å². The molecule has 28 heavy (non-hydrogen) atoms. The Bertz CT molecular complexity index is 621. The third kappa shape index (κ3) is 9.01. The summed E-state index contributed by atoms with van der Waals surface area (Å²) in [5.74, 6) is -1.97. The van der Waals surface area contributed by atoms with Gasteiger partial charge in [-0.1, -0.05) is 30.3 Å². The lowest BCUT2D eigenvalue weighted by molar-refractivity contribution is -0.206. The van der Waals surface area contributed by atoms with Crippen LogP contribution in [0, 0.1) is 0 Å². The highest BCUT2D eigenvalue weighted by molar-refractivity contribution is 6.01. The van der Waals surface area contributed by atoms with Crippen LogP contribution >= 0.6 is 0 Å². The lowest BCUT2D eigenvalue weighted by Crippen LogP contribution is -2.37. The van der Waals surface area contributed by atoms with Crippen LogP contribution in [-0.4, -0.2) is 48.7 Å².